The number of rotatable bonds is 7. The lowest BCUT2D eigenvalue weighted by molar-refractivity contribution is -0.126. The molecular weight excluding hydrogens is 530 g/mol. The molecule has 3 heterocycles. The van der Waals surface area contributed by atoms with Gasteiger partial charge in [-0.15, -0.1) is 0 Å². The van der Waals surface area contributed by atoms with E-state index in [0.29, 0.717) is 22.3 Å². The minimum atomic E-state index is -1.08. The summed E-state index contributed by atoms with van der Waals surface area (Å²) in [5.41, 5.74) is 7.77. The van der Waals surface area contributed by atoms with Crippen molar-refractivity contribution in [2.75, 3.05) is 5.73 Å². The van der Waals surface area contributed by atoms with Gasteiger partial charge in [-0.1, -0.05) is 26.0 Å². The van der Waals surface area contributed by atoms with E-state index in [1.807, 2.05) is 19.9 Å². The second kappa shape index (κ2) is 11.4. The van der Waals surface area contributed by atoms with Crippen LogP contribution in [0.1, 0.15) is 13.8 Å². The van der Waals surface area contributed by atoms with E-state index < -0.39 is 23.7 Å². The molecule has 2 aromatic carbocycles. The first kappa shape index (κ1) is 27.1. The van der Waals surface area contributed by atoms with Crippen molar-refractivity contribution in [1.29, 1.82) is 5.26 Å². The Morgan fingerprint density at radius 2 is 1.98 bits per heavy atom. The van der Waals surface area contributed by atoms with Crippen molar-refractivity contribution < 1.29 is 18.3 Å². The quantitative estimate of drug-likeness (QED) is 0.251. The molecule has 0 radical (unpaired) electrons. The van der Waals surface area contributed by atoms with Crippen molar-refractivity contribution in [1.82, 2.24) is 24.6 Å². The van der Waals surface area contributed by atoms with Crippen molar-refractivity contribution in [3.8, 4) is 28.8 Å². The molecule has 0 fully saturated rings. The number of halogens is 2. The van der Waals surface area contributed by atoms with Gasteiger partial charge in [-0.05, 0) is 48.4 Å². The number of hydrogen-bond acceptors (Lipinski definition) is 8. The predicted molar refractivity (Wildman–Crippen MR) is 148 cm³/mol. The van der Waals surface area contributed by atoms with Crippen LogP contribution in [0.2, 0.25) is 0 Å². The highest BCUT2D eigenvalue weighted by atomic mass is 19.2. The summed E-state index contributed by atoms with van der Waals surface area (Å²) in [7, 11) is 0. The first-order valence-corrected chi connectivity index (χ1v) is 12.6. The van der Waals surface area contributed by atoms with E-state index in [1.54, 1.807) is 53.5 Å². The molecule has 0 bridgehead atoms. The van der Waals surface area contributed by atoms with E-state index in [1.165, 1.54) is 23.4 Å². The number of nitrogens with zero attached hydrogens (tertiary/aromatic N) is 7. The Bertz CT molecular complexity index is 1750. The zero-order valence-electron chi connectivity index (χ0n) is 22.1. The Morgan fingerprint density at radius 1 is 1.20 bits per heavy atom. The lowest BCUT2D eigenvalue weighted by Gasteiger charge is -2.27. The van der Waals surface area contributed by atoms with Crippen LogP contribution in [-0.4, -0.2) is 42.9 Å². The Morgan fingerprint density at radius 3 is 2.71 bits per heavy atom. The number of ether oxygens (including phenoxy) is 1. The molecular formula is C29H24F2N8O2. The average molecular weight is 555 g/mol. The summed E-state index contributed by atoms with van der Waals surface area (Å²) >= 11 is 0. The Kier molecular flexibility index (Phi) is 7.51. The topological polar surface area (TPSA) is 135 Å². The number of hydrogen-bond donors (Lipinski definition) is 1. The van der Waals surface area contributed by atoms with Gasteiger partial charge >= 0.3 is 0 Å². The number of aromatic nitrogens is 4. The van der Waals surface area contributed by atoms with E-state index in [0.717, 1.165) is 6.07 Å². The molecule has 0 unspecified atom stereocenters. The van der Waals surface area contributed by atoms with Crippen molar-refractivity contribution in [2.45, 2.75) is 26.6 Å². The van der Waals surface area contributed by atoms with Gasteiger partial charge in [-0.3, -0.25) is 14.7 Å². The number of anilines is 1. The van der Waals surface area contributed by atoms with Gasteiger partial charge in [0.2, 0.25) is 5.82 Å². The fraction of sp³-hybridized carbons (Fsp3) is 0.172. The number of allylic oxidation sites excluding steroid dienone is 2. The maximum absolute atomic E-state index is 14.0. The minimum Gasteiger partial charge on any atom is -0.454 e. The molecule has 0 saturated heterocycles. The van der Waals surface area contributed by atoms with Gasteiger partial charge in [-0.2, -0.15) is 14.8 Å². The summed E-state index contributed by atoms with van der Waals surface area (Å²) in [5, 5.41) is 14.8. The van der Waals surface area contributed by atoms with Gasteiger partial charge < -0.3 is 10.5 Å². The third-order valence-corrected chi connectivity index (χ3v) is 6.16. The number of carbonyl (C=O) groups excluding carboxylic acids is 1. The van der Waals surface area contributed by atoms with E-state index in [-0.39, 0.29) is 35.4 Å². The maximum atomic E-state index is 14.0. The number of benzene rings is 2. The third kappa shape index (κ3) is 5.51. The minimum absolute atomic E-state index is 0.00582. The van der Waals surface area contributed by atoms with Crippen LogP contribution in [0.4, 0.5) is 14.6 Å². The summed E-state index contributed by atoms with van der Waals surface area (Å²) < 4.78 is 34.7. The largest absolute Gasteiger partial charge is 0.454 e. The van der Waals surface area contributed by atoms with Crippen LogP contribution < -0.4 is 10.5 Å². The fourth-order valence-corrected chi connectivity index (χ4v) is 4.30. The highest BCUT2D eigenvalue weighted by Crippen LogP contribution is 2.33. The Hall–Kier alpha value is -5.44. The maximum Gasteiger partial charge on any atom is 0.269 e. The van der Waals surface area contributed by atoms with Gasteiger partial charge in [0.1, 0.15) is 41.4 Å². The van der Waals surface area contributed by atoms with Gasteiger partial charge in [0, 0.05) is 18.0 Å². The summed E-state index contributed by atoms with van der Waals surface area (Å²) in [6.45, 7) is 3.87. The van der Waals surface area contributed by atoms with Gasteiger partial charge in [0.25, 0.3) is 5.91 Å². The normalized spacial score (nSPS) is 15.0. The van der Waals surface area contributed by atoms with Crippen LogP contribution in [0.3, 0.4) is 0 Å². The molecule has 206 valence electrons. The molecule has 0 spiro atoms. The van der Waals surface area contributed by atoms with Crippen LogP contribution in [0, 0.1) is 28.9 Å². The molecule has 5 rings (SSSR count). The molecule has 4 aromatic rings. The summed E-state index contributed by atoms with van der Waals surface area (Å²) in [5.74, 6) is -2.32. The number of nitrogen functional groups attached to an aromatic ring is 1. The molecule has 1 aliphatic rings. The first-order chi connectivity index (χ1) is 19.8. The summed E-state index contributed by atoms with van der Waals surface area (Å²) in [6.07, 6.45) is 6.98. The van der Waals surface area contributed by atoms with Crippen LogP contribution in [0.25, 0.3) is 22.3 Å². The van der Waals surface area contributed by atoms with Crippen LogP contribution in [0.5, 0.6) is 11.5 Å². The number of nitriles is 1. The molecule has 0 aliphatic carbocycles. The molecule has 1 aliphatic heterocycles. The zero-order valence-corrected chi connectivity index (χ0v) is 22.1. The van der Waals surface area contributed by atoms with Crippen LogP contribution in [0.15, 0.2) is 77.7 Å². The molecule has 12 heteroatoms. The molecule has 1 amide bonds. The number of carbonyl (C=O) groups is 1. The summed E-state index contributed by atoms with van der Waals surface area (Å²) in [6, 6.07) is 12.2. The van der Waals surface area contributed by atoms with Crippen LogP contribution >= 0.6 is 0 Å². The predicted octanol–water partition coefficient (Wildman–Crippen LogP) is 5.00. The molecule has 10 nitrogen and oxygen atoms in total. The lowest BCUT2D eigenvalue weighted by atomic mass is 10.1. The molecule has 2 aromatic heterocycles. The van der Waals surface area contributed by atoms with E-state index in [4.69, 9.17) is 15.6 Å². The highest BCUT2D eigenvalue weighted by Gasteiger charge is 2.28. The van der Waals surface area contributed by atoms with Crippen LogP contribution in [-0.2, 0) is 11.3 Å². The number of nitrogens with two attached hydrogens (primary N) is 1. The van der Waals surface area contributed by atoms with Crippen molar-refractivity contribution in [2.24, 2.45) is 10.9 Å². The highest BCUT2D eigenvalue weighted by molar-refractivity contribution is 5.99. The standard InChI is InChI=1S/C29H24F2N8O2/c1-17(2)13-19(14-32)29(40)38-12-4-11-34-23(38)15-39-28-24(27(33)35-16-36-28)26(37-39)18-7-9-20(10-8-18)41-22-6-3-5-21(30)25(22)31/h3-13,16-17,23H,15H2,1-2H3,(H2,33,35,36)/t23-/m1/s1. The third-order valence-electron chi connectivity index (χ3n) is 6.16. The Balaban J connectivity index is 1.47. The molecule has 0 saturated carbocycles. The van der Waals surface area contributed by atoms with Crippen molar-refractivity contribution >= 4 is 29.0 Å². The Labute approximate surface area is 233 Å². The molecule has 41 heavy (non-hydrogen) atoms. The molecule has 2 N–H and O–H groups in total. The molecule has 1 atom stereocenters. The number of amides is 1. The zero-order chi connectivity index (χ0) is 29.1. The van der Waals surface area contributed by atoms with Crippen molar-refractivity contribution in [3.63, 3.8) is 0 Å². The summed E-state index contributed by atoms with van der Waals surface area (Å²) in [4.78, 5) is 27.5. The van der Waals surface area contributed by atoms with E-state index >= 15 is 0 Å². The number of fused-ring (bicyclic) bond motifs is 1. The lowest BCUT2D eigenvalue weighted by Crippen LogP contribution is -2.40. The fourth-order valence-electron chi connectivity index (χ4n) is 4.30. The van der Waals surface area contributed by atoms with Crippen molar-refractivity contribution in [3.05, 3.63) is 84.4 Å². The first-order valence-electron chi connectivity index (χ1n) is 12.6. The van der Waals surface area contributed by atoms with E-state index in [9.17, 15) is 18.8 Å². The smallest absolute Gasteiger partial charge is 0.269 e. The average Bonchev–Trinajstić information content (AvgIpc) is 3.34. The van der Waals surface area contributed by atoms with Gasteiger partial charge in [0.05, 0.1) is 11.9 Å². The SMILES string of the molecule is CC(C)C=C(C#N)C(=O)N1C=CC=N[C@H]1Cn1nc(-c2ccc(Oc3cccc(F)c3F)cc2)c2c(N)ncnc21. The van der Waals surface area contributed by atoms with E-state index in [2.05, 4.69) is 15.0 Å². The second-order valence-corrected chi connectivity index (χ2v) is 9.44. The van der Waals surface area contributed by atoms with Gasteiger partial charge in [0.15, 0.2) is 17.2 Å². The number of aliphatic imine (C=N–C) groups is 1. The monoisotopic (exact) mass is 554 g/mol. The second-order valence-electron chi connectivity index (χ2n) is 9.44. The van der Waals surface area contributed by atoms with Gasteiger partial charge in [-0.25, -0.2) is 19.0 Å².